The SMILES string of the molecule is CCN1CCN(C(=O)C23CC4CC(CC(C4)C2)C3)CC1. The molecule has 1 heterocycles. The van der Waals surface area contributed by atoms with Gasteiger partial charge in [-0.2, -0.15) is 0 Å². The fourth-order valence-electron chi connectivity index (χ4n) is 5.98. The molecular formula is C17H28N2O. The van der Waals surface area contributed by atoms with E-state index in [4.69, 9.17) is 0 Å². The second-order valence-electron chi connectivity index (χ2n) is 7.92. The quantitative estimate of drug-likeness (QED) is 0.773. The van der Waals surface area contributed by atoms with Crippen LogP contribution in [0.5, 0.6) is 0 Å². The molecule has 3 nitrogen and oxygen atoms in total. The summed E-state index contributed by atoms with van der Waals surface area (Å²) in [5, 5.41) is 0. The summed E-state index contributed by atoms with van der Waals surface area (Å²) in [6, 6.07) is 0. The summed E-state index contributed by atoms with van der Waals surface area (Å²) >= 11 is 0. The van der Waals surface area contributed by atoms with Gasteiger partial charge < -0.3 is 9.80 Å². The Kier molecular flexibility index (Phi) is 3.10. The molecule has 4 aliphatic carbocycles. The lowest BCUT2D eigenvalue weighted by Gasteiger charge is -2.57. The van der Waals surface area contributed by atoms with Crippen LogP contribution in [0.1, 0.15) is 45.4 Å². The highest BCUT2D eigenvalue weighted by Crippen LogP contribution is 2.60. The van der Waals surface area contributed by atoms with Crippen LogP contribution in [-0.4, -0.2) is 48.4 Å². The molecule has 0 unspecified atom stereocenters. The van der Waals surface area contributed by atoms with Crippen LogP contribution < -0.4 is 0 Å². The molecule has 1 aliphatic heterocycles. The smallest absolute Gasteiger partial charge is 0.228 e. The predicted octanol–water partition coefficient (Wildman–Crippen LogP) is 2.37. The van der Waals surface area contributed by atoms with E-state index in [0.717, 1.165) is 50.5 Å². The molecule has 20 heavy (non-hydrogen) atoms. The van der Waals surface area contributed by atoms with Crippen LogP contribution in [0.15, 0.2) is 0 Å². The van der Waals surface area contributed by atoms with Crippen LogP contribution >= 0.6 is 0 Å². The van der Waals surface area contributed by atoms with Gasteiger partial charge in [0, 0.05) is 26.2 Å². The zero-order chi connectivity index (χ0) is 13.7. The first-order chi connectivity index (χ1) is 9.68. The van der Waals surface area contributed by atoms with Gasteiger partial charge in [0.2, 0.25) is 5.91 Å². The number of hydrogen-bond donors (Lipinski definition) is 0. The Labute approximate surface area is 122 Å². The lowest BCUT2D eigenvalue weighted by Crippen LogP contribution is -2.58. The molecule has 5 rings (SSSR count). The highest BCUT2D eigenvalue weighted by atomic mass is 16.2. The number of carbonyl (C=O) groups excluding carboxylic acids is 1. The average molecular weight is 276 g/mol. The van der Waals surface area contributed by atoms with Gasteiger partial charge in [-0.05, 0) is 62.8 Å². The van der Waals surface area contributed by atoms with E-state index in [1.165, 1.54) is 38.5 Å². The van der Waals surface area contributed by atoms with Crippen LogP contribution in [-0.2, 0) is 4.79 Å². The molecule has 0 aromatic rings. The largest absolute Gasteiger partial charge is 0.340 e. The summed E-state index contributed by atoms with van der Waals surface area (Å²) in [4.78, 5) is 17.8. The summed E-state index contributed by atoms with van der Waals surface area (Å²) in [6.07, 6.45) is 7.92. The van der Waals surface area contributed by atoms with E-state index >= 15 is 0 Å². The van der Waals surface area contributed by atoms with Crippen molar-refractivity contribution in [1.82, 2.24) is 9.80 Å². The van der Waals surface area contributed by atoms with Gasteiger partial charge in [0.1, 0.15) is 0 Å². The van der Waals surface area contributed by atoms with Gasteiger partial charge in [0.15, 0.2) is 0 Å². The van der Waals surface area contributed by atoms with E-state index < -0.39 is 0 Å². The zero-order valence-corrected chi connectivity index (χ0v) is 12.8. The maximum Gasteiger partial charge on any atom is 0.228 e. The number of rotatable bonds is 2. The van der Waals surface area contributed by atoms with Crippen LogP contribution in [0.25, 0.3) is 0 Å². The van der Waals surface area contributed by atoms with Crippen LogP contribution in [0.2, 0.25) is 0 Å². The maximum atomic E-state index is 13.2. The number of piperazine rings is 1. The van der Waals surface area contributed by atoms with Gasteiger partial charge in [0.25, 0.3) is 0 Å². The van der Waals surface area contributed by atoms with E-state index in [2.05, 4.69) is 16.7 Å². The summed E-state index contributed by atoms with van der Waals surface area (Å²) in [6.45, 7) is 7.43. The van der Waals surface area contributed by atoms with Crippen molar-refractivity contribution < 1.29 is 4.79 Å². The second-order valence-corrected chi connectivity index (χ2v) is 7.92. The Morgan fingerprint density at radius 1 is 0.950 bits per heavy atom. The molecule has 0 radical (unpaired) electrons. The number of carbonyl (C=O) groups is 1. The minimum atomic E-state index is 0.0726. The average Bonchev–Trinajstić information content (AvgIpc) is 2.45. The molecule has 5 aliphatic rings. The molecule has 4 bridgehead atoms. The van der Waals surface area contributed by atoms with Crippen molar-refractivity contribution in [3.63, 3.8) is 0 Å². The Bertz CT molecular complexity index is 363. The van der Waals surface area contributed by atoms with Gasteiger partial charge in [0.05, 0.1) is 5.41 Å². The third kappa shape index (κ3) is 2.01. The third-order valence-corrected chi connectivity index (χ3v) is 6.60. The van der Waals surface area contributed by atoms with E-state index in [9.17, 15) is 4.79 Å². The van der Waals surface area contributed by atoms with Crippen molar-refractivity contribution in [3.8, 4) is 0 Å². The first kappa shape index (κ1) is 13.1. The van der Waals surface area contributed by atoms with Gasteiger partial charge in [-0.25, -0.2) is 0 Å². The fourth-order valence-corrected chi connectivity index (χ4v) is 5.98. The molecular weight excluding hydrogens is 248 g/mol. The van der Waals surface area contributed by atoms with Crippen LogP contribution in [0.4, 0.5) is 0 Å². The lowest BCUT2D eigenvalue weighted by molar-refractivity contribution is -0.159. The topological polar surface area (TPSA) is 23.6 Å². The molecule has 0 spiro atoms. The van der Waals surface area contributed by atoms with E-state index in [1.54, 1.807) is 0 Å². The zero-order valence-electron chi connectivity index (χ0n) is 12.8. The van der Waals surface area contributed by atoms with Crippen molar-refractivity contribution in [3.05, 3.63) is 0 Å². The summed E-state index contributed by atoms with van der Waals surface area (Å²) in [7, 11) is 0. The minimum absolute atomic E-state index is 0.0726. The first-order valence-corrected chi connectivity index (χ1v) is 8.70. The summed E-state index contributed by atoms with van der Waals surface area (Å²) in [5.41, 5.74) is 0.0726. The second kappa shape index (κ2) is 4.72. The molecule has 0 atom stereocenters. The lowest BCUT2D eigenvalue weighted by atomic mass is 9.49. The first-order valence-electron chi connectivity index (χ1n) is 8.70. The van der Waals surface area contributed by atoms with Gasteiger partial charge >= 0.3 is 0 Å². The fraction of sp³-hybridized carbons (Fsp3) is 0.941. The van der Waals surface area contributed by atoms with E-state index in [0.29, 0.717) is 5.91 Å². The Balaban J connectivity index is 1.48. The molecule has 0 N–H and O–H groups in total. The third-order valence-electron chi connectivity index (χ3n) is 6.60. The maximum absolute atomic E-state index is 13.2. The van der Waals surface area contributed by atoms with Crippen LogP contribution in [0, 0.1) is 23.2 Å². The Morgan fingerprint density at radius 3 is 1.90 bits per heavy atom. The number of hydrogen-bond acceptors (Lipinski definition) is 2. The number of amides is 1. The van der Waals surface area contributed by atoms with E-state index in [-0.39, 0.29) is 5.41 Å². The van der Waals surface area contributed by atoms with Crippen molar-refractivity contribution in [2.75, 3.05) is 32.7 Å². The van der Waals surface area contributed by atoms with Gasteiger partial charge in [-0.15, -0.1) is 0 Å². The van der Waals surface area contributed by atoms with Crippen molar-refractivity contribution >= 4 is 5.91 Å². The molecule has 1 saturated heterocycles. The van der Waals surface area contributed by atoms with Crippen LogP contribution in [0.3, 0.4) is 0 Å². The highest BCUT2D eigenvalue weighted by Gasteiger charge is 2.55. The van der Waals surface area contributed by atoms with Gasteiger partial charge in [-0.1, -0.05) is 6.92 Å². The van der Waals surface area contributed by atoms with Gasteiger partial charge in [-0.3, -0.25) is 4.79 Å². The standard InChI is InChI=1S/C17H28N2O/c1-2-18-3-5-19(6-4-18)16(20)17-10-13-7-14(11-17)9-15(8-13)12-17/h13-15H,2-12H2,1H3. The predicted molar refractivity (Wildman–Crippen MR) is 79.3 cm³/mol. The van der Waals surface area contributed by atoms with Crippen molar-refractivity contribution in [1.29, 1.82) is 0 Å². The molecule has 4 saturated carbocycles. The summed E-state index contributed by atoms with van der Waals surface area (Å²) in [5.74, 6) is 3.17. The van der Waals surface area contributed by atoms with Crippen molar-refractivity contribution in [2.24, 2.45) is 23.2 Å². The Morgan fingerprint density at radius 2 is 1.45 bits per heavy atom. The summed E-state index contributed by atoms with van der Waals surface area (Å²) < 4.78 is 0. The molecule has 3 heteroatoms. The number of likely N-dealkylation sites (N-methyl/N-ethyl adjacent to an activating group) is 1. The molecule has 0 aromatic carbocycles. The molecule has 112 valence electrons. The van der Waals surface area contributed by atoms with E-state index in [1.807, 2.05) is 0 Å². The number of nitrogens with zero attached hydrogens (tertiary/aromatic N) is 2. The van der Waals surface area contributed by atoms with Crippen molar-refractivity contribution in [2.45, 2.75) is 45.4 Å². The molecule has 5 fully saturated rings. The normalized spacial score (nSPS) is 44.0. The monoisotopic (exact) mass is 276 g/mol. The highest BCUT2D eigenvalue weighted by molar-refractivity contribution is 5.83. The molecule has 0 aromatic heterocycles. The minimum Gasteiger partial charge on any atom is -0.340 e. The Hall–Kier alpha value is -0.570. The molecule has 1 amide bonds.